The molecule has 1 saturated carbocycles. The molecule has 1 amide bonds. The number of hydrogen-bond acceptors (Lipinski definition) is 3. The summed E-state index contributed by atoms with van der Waals surface area (Å²) in [6.45, 7) is 0.831. The highest BCUT2D eigenvalue weighted by molar-refractivity contribution is 5.94. The molecule has 1 aromatic carbocycles. The smallest absolute Gasteiger partial charge is 0.253 e. The number of amides is 1. The summed E-state index contributed by atoms with van der Waals surface area (Å²) in [4.78, 5) is 18.4. The fourth-order valence-corrected chi connectivity index (χ4v) is 3.38. The first-order valence-corrected chi connectivity index (χ1v) is 9.16. The predicted molar refractivity (Wildman–Crippen MR) is 98.9 cm³/mol. The van der Waals surface area contributed by atoms with Crippen molar-refractivity contribution in [3.8, 4) is 11.5 Å². The number of nitrogens with zero attached hydrogens (tertiary/aromatic N) is 2. The lowest BCUT2D eigenvalue weighted by Crippen LogP contribution is -2.29. The van der Waals surface area contributed by atoms with E-state index in [1.807, 2.05) is 48.3 Å². The second-order valence-electron chi connectivity index (χ2n) is 6.83. The van der Waals surface area contributed by atoms with Gasteiger partial charge in [0.05, 0.1) is 6.20 Å². The van der Waals surface area contributed by atoms with E-state index in [0.29, 0.717) is 17.1 Å². The zero-order valence-corrected chi connectivity index (χ0v) is 14.9. The molecule has 1 heterocycles. The van der Waals surface area contributed by atoms with Crippen molar-refractivity contribution in [1.82, 2.24) is 9.88 Å². The molecule has 2 aromatic rings. The van der Waals surface area contributed by atoms with Crippen molar-refractivity contribution in [2.24, 2.45) is 5.92 Å². The molecule has 4 heteroatoms. The van der Waals surface area contributed by atoms with Crippen molar-refractivity contribution in [3.63, 3.8) is 0 Å². The number of carbonyl (C=O) groups is 1. The van der Waals surface area contributed by atoms with Crippen LogP contribution in [0.25, 0.3) is 0 Å². The Kier molecular flexibility index (Phi) is 6.04. The van der Waals surface area contributed by atoms with Crippen LogP contribution in [0.3, 0.4) is 0 Å². The molecule has 0 aliphatic heterocycles. The number of benzene rings is 1. The lowest BCUT2D eigenvalue weighted by Gasteiger charge is -2.24. The molecule has 0 spiro atoms. The summed E-state index contributed by atoms with van der Waals surface area (Å²) in [6, 6.07) is 11.0. The van der Waals surface area contributed by atoms with Crippen LogP contribution in [0.1, 0.15) is 48.9 Å². The molecule has 1 aliphatic rings. The van der Waals surface area contributed by atoms with Crippen LogP contribution in [-0.4, -0.2) is 29.4 Å². The minimum atomic E-state index is 0.0729. The zero-order valence-electron chi connectivity index (χ0n) is 14.9. The molecule has 0 unspecified atom stereocenters. The summed E-state index contributed by atoms with van der Waals surface area (Å²) >= 11 is 0. The maximum absolute atomic E-state index is 12.6. The number of ether oxygens (including phenoxy) is 1. The molecule has 132 valence electrons. The Labute approximate surface area is 149 Å². The minimum absolute atomic E-state index is 0.0729. The van der Waals surface area contributed by atoms with Gasteiger partial charge in [0.2, 0.25) is 0 Å². The van der Waals surface area contributed by atoms with Gasteiger partial charge in [-0.25, -0.2) is 0 Å². The molecule has 25 heavy (non-hydrogen) atoms. The fourth-order valence-electron chi connectivity index (χ4n) is 3.38. The second-order valence-corrected chi connectivity index (χ2v) is 6.83. The lowest BCUT2D eigenvalue weighted by molar-refractivity contribution is 0.0784. The van der Waals surface area contributed by atoms with Gasteiger partial charge in [-0.15, -0.1) is 0 Å². The molecule has 0 radical (unpaired) electrons. The zero-order chi connectivity index (χ0) is 17.5. The molecule has 4 nitrogen and oxygen atoms in total. The van der Waals surface area contributed by atoms with Crippen LogP contribution in [0.4, 0.5) is 0 Å². The highest BCUT2D eigenvalue weighted by Crippen LogP contribution is 2.26. The van der Waals surface area contributed by atoms with Crippen molar-refractivity contribution < 1.29 is 9.53 Å². The first-order valence-electron chi connectivity index (χ1n) is 9.16. The number of carbonyl (C=O) groups excluding carboxylic acids is 1. The Morgan fingerprint density at radius 3 is 2.56 bits per heavy atom. The van der Waals surface area contributed by atoms with Crippen LogP contribution in [0.2, 0.25) is 0 Å². The van der Waals surface area contributed by atoms with Crippen LogP contribution in [0.15, 0.2) is 48.8 Å². The summed E-state index contributed by atoms with van der Waals surface area (Å²) in [5.41, 5.74) is 0.699. The van der Waals surface area contributed by atoms with Crippen molar-refractivity contribution in [2.75, 3.05) is 13.6 Å². The van der Waals surface area contributed by atoms with E-state index < -0.39 is 0 Å². The van der Waals surface area contributed by atoms with Crippen LogP contribution >= 0.6 is 0 Å². The van der Waals surface area contributed by atoms with Gasteiger partial charge < -0.3 is 9.64 Å². The SMILES string of the molecule is CN(CCC1CCCCC1)C(=O)c1ccc(Oc2cccnc2)cc1. The monoisotopic (exact) mass is 338 g/mol. The maximum Gasteiger partial charge on any atom is 0.253 e. The molecule has 0 saturated heterocycles. The van der Waals surface area contributed by atoms with Crippen molar-refractivity contribution >= 4 is 5.91 Å². The molecule has 3 rings (SSSR count). The van der Waals surface area contributed by atoms with Gasteiger partial charge in [0.15, 0.2) is 0 Å². The molecule has 0 atom stereocenters. The Morgan fingerprint density at radius 2 is 1.88 bits per heavy atom. The molecule has 1 fully saturated rings. The van der Waals surface area contributed by atoms with E-state index >= 15 is 0 Å². The summed E-state index contributed by atoms with van der Waals surface area (Å²) in [6.07, 6.45) is 11.2. The quantitative estimate of drug-likeness (QED) is 0.751. The van der Waals surface area contributed by atoms with Gasteiger partial charge in [-0.1, -0.05) is 32.1 Å². The average molecular weight is 338 g/mol. The molecule has 1 aliphatic carbocycles. The van der Waals surface area contributed by atoms with E-state index in [0.717, 1.165) is 18.9 Å². The third kappa shape index (κ3) is 5.05. The largest absolute Gasteiger partial charge is 0.456 e. The third-order valence-electron chi connectivity index (χ3n) is 4.92. The standard InChI is InChI=1S/C21H26N2O2/c1-23(15-13-17-6-3-2-4-7-17)21(24)18-9-11-19(12-10-18)25-20-8-5-14-22-16-20/h5,8-12,14,16-17H,2-4,6-7,13,15H2,1H3. The van der Waals surface area contributed by atoms with E-state index in [9.17, 15) is 4.79 Å². The Morgan fingerprint density at radius 1 is 1.12 bits per heavy atom. The summed E-state index contributed by atoms with van der Waals surface area (Å²) in [5, 5.41) is 0. The van der Waals surface area contributed by atoms with E-state index in [1.165, 1.54) is 32.1 Å². The highest BCUT2D eigenvalue weighted by Gasteiger charge is 2.16. The highest BCUT2D eigenvalue weighted by atomic mass is 16.5. The number of hydrogen-bond donors (Lipinski definition) is 0. The molecule has 0 N–H and O–H groups in total. The summed E-state index contributed by atoms with van der Waals surface area (Å²) < 4.78 is 5.71. The fraction of sp³-hybridized carbons (Fsp3) is 0.429. The second kappa shape index (κ2) is 8.65. The van der Waals surface area contributed by atoms with Gasteiger partial charge in [0, 0.05) is 25.4 Å². The van der Waals surface area contributed by atoms with E-state index in [1.54, 1.807) is 12.4 Å². The van der Waals surface area contributed by atoms with Crippen LogP contribution < -0.4 is 4.74 Å². The Hall–Kier alpha value is -2.36. The van der Waals surface area contributed by atoms with E-state index in [4.69, 9.17) is 4.74 Å². The van der Waals surface area contributed by atoms with Crippen LogP contribution in [0, 0.1) is 5.92 Å². The molecular formula is C21H26N2O2. The topological polar surface area (TPSA) is 42.4 Å². The number of pyridine rings is 1. The van der Waals surface area contributed by atoms with Gasteiger partial charge >= 0.3 is 0 Å². The van der Waals surface area contributed by atoms with E-state index in [-0.39, 0.29) is 5.91 Å². The third-order valence-corrected chi connectivity index (χ3v) is 4.92. The normalized spacial score (nSPS) is 14.9. The Balaban J connectivity index is 1.52. The molecular weight excluding hydrogens is 312 g/mol. The first-order chi connectivity index (χ1) is 12.2. The van der Waals surface area contributed by atoms with Crippen molar-refractivity contribution in [3.05, 3.63) is 54.4 Å². The van der Waals surface area contributed by atoms with Gasteiger partial charge in [-0.05, 0) is 48.7 Å². The number of aromatic nitrogens is 1. The maximum atomic E-state index is 12.6. The summed E-state index contributed by atoms with van der Waals surface area (Å²) in [7, 11) is 1.89. The van der Waals surface area contributed by atoms with Gasteiger partial charge in [-0.3, -0.25) is 9.78 Å². The Bertz CT molecular complexity index is 664. The summed E-state index contributed by atoms with van der Waals surface area (Å²) in [5.74, 6) is 2.25. The van der Waals surface area contributed by atoms with Gasteiger partial charge in [0.25, 0.3) is 5.91 Å². The molecule has 1 aromatic heterocycles. The minimum Gasteiger partial charge on any atom is -0.456 e. The van der Waals surface area contributed by atoms with E-state index in [2.05, 4.69) is 4.98 Å². The first kappa shape index (κ1) is 17.5. The van der Waals surface area contributed by atoms with Crippen LogP contribution in [-0.2, 0) is 0 Å². The van der Waals surface area contributed by atoms with Crippen molar-refractivity contribution in [2.45, 2.75) is 38.5 Å². The molecule has 0 bridgehead atoms. The lowest BCUT2D eigenvalue weighted by atomic mass is 9.87. The van der Waals surface area contributed by atoms with Gasteiger partial charge in [-0.2, -0.15) is 0 Å². The average Bonchev–Trinajstić information content (AvgIpc) is 2.68. The predicted octanol–water partition coefficient (Wildman–Crippen LogP) is 4.92. The number of rotatable bonds is 6. The van der Waals surface area contributed by atoms with Crippen LogP contribution in [0.5, 0.6) is 11.5 Å². The van der Waals surface area contributed by atoms with Crippen molar-refractivity contribution in [1.29, 1.82) is 0 Å². The van der Waals surface area contributed by atoms with Gasteiger partial charge in [0.1, 0.15) is 11.5 Å².